The Balaban J connectivity index is 1.35. The first kappa shape index (κ1) is 27.7. The molecule has 0 atom stereocenters. The monoisotopic (exact) mass is 557 g/mol. The first-order valence-electron chi connectivity index (χ1n) is 12.5. The molecule has 0 aliphatic carbocycles. The van der Waals surface area contributed by atoms with E-state index in [1.165, 1.54) is 17.5 Å². The Labute approximate surface area is 231 Å². The van der Waals surface area contributed by atoms with E-state index in [0.29, 0.717) is 51.4 Å². The summed E-state index contributed by atoms with van der Waals surface area (Å²) < 4.78 is 5.30. The second-order valence-electron chi connectivity index (χ2n) is 9.54. The van der Waals surface area contributed by atoms with Crippen LogP contribution in [-0.2, 0) is 9.53 Å². The van der Waals surface area contributed by atoms with E-state index in [0.717, 1.165) is 37.6 Å². The minimum atomic E-state index is -0.280. The molecule has 3 aromatic rings. The highest BCUT2D eigenvalue weighted by Gasteiger charge is 2.22. The molecule has 1 aliphatic rings. The standard InChI is InChI=1S/C26H32ClN7O3S/c1-16(2)15-37-23(35)14-33-8-10-34(11-9-33)22-12-21(29-18(4)30-22)31-26-28-13-20(38-26)25(36)32-24-17(3)6-5-7-19(24)27/h5-7,12-13,16H,8-11,14-15H2,1-4H3,(H,32,36)(H,28,29,30,31). The quantitative estimate of drug-likeness (QED) is 0.367. The van der Waals surface area contributed by atoms with Crippen molar-refractivity contribution >= 4 is 57.3 Å². The molecular weight excluding hydrogens is 526 g/mol. The van der Waals surface area contributed by atoms with E-state index >= 15 is 0 Å². The molecule has 1 amide bonds. The summed E-state index contributed by atoms with van der Waals surface area (Å²) in [6.45, 7) is 11.4. The molecule has 1 fully saturated rings. The summed E-state index contributed by atoms with van der Waals surface area (Å²) in [5.74, 6) is 1.87. The van der Waals surface area contributed by atoms with Gasteiger partial charge in [-0.1, -0.05) is 48.9 Å². The van der Waals surface area contributed by atoms with Crippen molar-refractivity contribution in [2.24, 2.45) is 5.92 Å². The molecule has 38 heavy (non-hydrogen) atoms. The number of ether oxygens (including phenoxy) is 1. The summed E-state index contributed by atoms with van der Waals surface area (Å²) in [6, 6.07) is 7.33. The number of nitrogens with one attached hydrogen (secondary N) is 2. The lowest BCUT2D eigenvalue weighted by Gasteiger charge is -2.35. The molecule has 202 valence electrons. The maximum absolute atomic E-state index is 12.8. The van der Waals surface area contributed by atoms with Gasteiger partial charge in [-0.05, 0) is 31.4 Å². The fourth-order valence-electron chi connectivity index (χ4n) is 3.91. The summed E-state index contributed by atoms with van der Waals surface area (Å²) in [6.07, 6.45) is 1.52. The van der Waals surface area contributed by atoms with Crippen LogP contribution in [0.2, 0.25) is 5.02 Å². The third-order valence-corrected chi connectivity index (χ3v) is 7.10. The predicted molar refractivity (Wildman–Crippen MR) is 151 cm³/mol. The number of anilines is 4. The number of benzene rings is 1. The van der Waals surface area contributed by atoms with Gasteiger partial charge in [-0.25, -0.2) is 15.0 Å². The summed E-state index contributed by atoms with van der Waals surface area (Å²) in [5, 5.41) is 7.09. The van der Waals surface area contributed by atoms with Gasteiger partial charge in [0, 0.05) is 32.2 Å². The van der Waals surface area contributed by atoms with E-state index in [1.807, 2.05) is 45.9 Å². The number of halogens is 1. The molecule has 0 saturated carbocycles. The molecule has 12 heteroatoms. The maximum Gasteiger partial charge on any atom is 0.320 e. The summed E-state index contributed by atoms with van der Waals surface area (Å²) in [7, 11) is 0. The lowest BCUT2D eigenvalue weighted by atomic mass is 10.2. The Morgan fingerprint density at radius 1 is 1.16 bits per heavy atom. The second-order valence-corrected chi connectivity index (χ2v) is 11.0. The van der Waals surface area contributed by atoms with Crippen molar-refractivity contribution in [2.45, 2.75) is 27.7 Å². The molecule has 2 N–H and O–H groups in total. The molecule has 10 nitrogen and oxygen atoms in total. The van der Waals surface area contributed by atoms with Crippen LogP contribution in [0.4, 0.5) is 22.5 Å². The molecule has 2 aromatic heterocycles. The van der Waals surface area contributed by atoms with Crippen molar-refractivity contribution in [3.8, 4) is 0 Å². The number of rotatable bonds is 9. The van der Waals surface area contributed by atoms with Crippen molar-refractivity contribution in [3.63, 3.8) is 0 Å². The molecule has 1 saturated heterocycles. The van der Waals surface area contributed by atoms with Crippen LogP contribution in [0, 0.1) is 19.8 Å². The first-order chi connectivity index (χ1) is 18.2. The lowest BCUT2D eigenvalue weighted by Crippen LogP contribution is -2.48. The molecule has 0 bridgehead atoms. The van der Waals surface area contributed by atoms with E-state index in [-0.39, 0.29) is 11.9 Å². The highest BCUT2D eigenvalue weighted by molar-refractivity contribution is 7.17. The van der Waals surface area contributed by atoms with Gasteiger partial charge in [-0.3, -0.25) is 14.5 Å². The van der Waals surface area contributed by atoms with Gasteiger partial charge in [-0.2, -0.15) is 0 Å². The number of aromatic nitrogens is 3. The SMILES string of the molecule is Cc1nc(Nc2ncc(C(=O)Nc3c(C)cccc3Cl)s2)cc(N2CCN(CC(=O)OCC(C)C)CC2)n1. The lowest BCUT2D eigenvalue weighted by molar-refractivity contribution is -0.146. The van der Waals surface area contributed by atoms with Crippen LogP contribution in [0.5, 0.6) is 0 Å². The van der Waals surface area contributed by atoms with Gasteiger partial charge < -0.3 is 20.3 Å². The van der Waals surface area contributed by atoms with Gasteiger partial charge in [0.2, 0.25) is 0 Å². The van der Waals surface area contributed by atoms with E-state index in [2.05, 4.69) is 35.4 Å². The molecule has 0 unspecified atom stereocenters. The molecule has 1 aromatic carbocycles. The fraction of sp³-hybridized carbons (Fsp3) is 0.423. The van der Waals surface area contributed by atoms with Gasteiger partial charge in [0.05, 0.1) is 30.1 Å². The van der Waals surface area contributed by atoms with Gasteiger partial charge in [0.15, 0.2) is 5.13 Å². The van der Waals surface area contributed by atoms with Crippen LogP contribution in [0.3, 0.4) is 0 Å². The number of para-hydroxylation sites is 1. The number of thiazole rings is 1. The number of nitrogens with zero attached hydrogens (tertiary/aromatic N) is 5. The highest BCUT2D eigenvalue weighted by atomic mass is 35.5. The van der Waals surface area contributed by atoms with Crippen LogP contribution >= 0.6 is 22.9 Å². The molecule has 0 radical (unpaired) electrons. The van der Waals surface area contributed by atoms with Crippen LogP contribution < -0.4 is 15.5 Å². The molecular formula is C26H32ClN7O3S. The van der Waals surface area contributed by atoms with Crippen LogP contribution in [0.1, 0.15) is 34.9 Å². The number of esters is 1. The van der Waals surface area contributed by atoms with E-state index in [1.54, 1.807) is 6.07 Å². The molecule has 1 aliphatic heterocycles. The Morgan fingerprint density at radius 3 is 2.63 bits per heavy atom. The van der Waals surface area contributed by atoms with Gasteiger partial charge in [0.1, 0.15) is 22.3 Å². The molecule has 3 heterocycles. The average Bonchev–Trinajstić information content (AvgIpc) is 3.33. The Bertz CT molecular complexity index is 1270. The third kappa shape index (κ3) is 7.40. The van der Waals surface area contributed by atoms with Gasteiger partial charge >= 0.3 is 5.97 Å². The first-order valence-corrected chi connectivity index (χ1v) is 13.7. The Kier molecular flexibility index (Phi) is 9.13. The number of aryl methyl sites for hydroxylation is 2. The third-order valence-electron chi connectivity index (χ3n) is 5.88. The average molecular weight is 558 g/mol. The topological polar surface area (TPSA) is 113 Å². The van der Waals surface area contributed by atoms with Crippen molar-refractivity contribution in [2.75, 3.05) is 54.9 Å². The Morgan fingerprint density at radius 2 is 1.92 bits per heavy atom. The summed E-state index contributed by atoms with van der Waals surface area (Å²) >= 11 is 7.46. The summed E-state index contributed by atoms with van der Waals surface area (Å²) in [4.78, 5) is 43.0. The minimum Gasteiger partial charge on any atom is -0.464 e. The van der Waals surface area contributed by atoms with Crippen LogP contribution in [-0.4, -0.2) is 71.1 Å². The highest BCUT2D eigenvalue weighted by Crippen LogP contribution is 2.28. The van der Waals surface area contributed by atoms with Crippen molar-refractivity contribution in [1.29, 1.82) is 0 Å². The Hall–Kier alpha value is -3.28. The normalized spacial score (nSPS) is 14.0. The zero-order chi connectivity index (χ0) is 27.2. The number of hydrogen-bond donors (Lipinski definition) is 2. The van der Waals surface area contributed by atoms with Gasteiger partial charge in [0.25, 0.3) is 5.91 Å². The number of carbonyl (C=O) groups is 2. The summed E-state index contributed by atoms with van der Waals surface area (Å²) in [5.41, 5.74) is 1.47. The number of hydrogen-bond acceptors (Lipinski definition) is 10. The zero-order valence-corrected chi connectivity index (χ0v) is 23.5. The fourth-order valence-corrected chi connectivity index (χ4v) is 4.90. The van der Waals surface area contributed by atoms with E-state index < -0.39 is 0 Å². The van der Waals surface area contributed by atoms with Gasteiger partial charge in [-0.15, -0.1) is 0 Å². The van der Waals surface area contributed by atoms with E-state index in [4.69, 9.17) is 16.3 Å². The smallest absolute Gasteiger partial charge is 0.320 e. The van der Waals surface area contributed by atoms with Crippen molar-refractivity contribution in [1.82, 2.24) is 19.9 Å². The number of amides is 1. The van der Waals surface area contributed by atoms with Crippen molar-refractivity contribution in [3.05, 3.63) is 51.7 Å². The van der Waals surface area contributed by atoms with E-state index in [9.17, 15) is 9.59 Å². The van der Waals surface area contributed by atoms with Crippen LogP contribution in [0.15, 0.2) is 30.5 Å². The maximum atomic E-state index is 12.8. The minimum absolute atomic E-state index is 0.185. The zero-order valence-electron chi connectivity index (χ0n) is 22.0. The molecule has 4 rings (SSSR count). The largest absolute Gasteiger partial charge is 0.464 e. The number of carbonyl (C=O) groups excluding carboxylic acids is 2. The van der Waals surface area contributed by atoms with Crippen LogP contribution in [0.25, 0.3) is 0 Å². The molecule has 0 spiro atoms. The predicted octanol–water partition coefficient (Wildman–Crippen LogP) is 4.52. The second kappa shape index (κ2) is 12.5. The number of piperazine rings is 1. The van der Waals surface area contributed by atoms with Crippen molar-refractivity contribution < 1.29 is 14.3 Å².